The number of ether oxygens (including phenoxy) is 1. The average Bonchev–Trinajstić information content (AvgIpc) is 2.12. The summed E-state index contributed by atoms with van der Waals surface area (Å²) in [5.74, 6) is -0.955. The Balaban J connectivity index is 2.75. The molecule has 0 aliphatic carbocycles. The maximum absolute atomic E-state index is 12.7. The molecule has 0 radical (unpaired) electrons. The van der Waals surface area contributed by atoms with E-state index in [1.54, 1.807) is 19.9 Å². The minimum absolute atomic E-state index is 0.0252. The normalized spacial score (nSPS) is 9.93. The van der Waals surface area contributed by atoms with E-state index < -0.39 is 5.95 Å². The Kier molecular flexibility index (Phi) is 3.56. The van der Waals surface area contributed by atoms with Crippen molar-refractivity contribution < 1.29 is 13.9 Å². The summed E-state index contributed by atoms with van der Waals surface area (Å²) in [6.45, 7) is 3.83. The van der Waals surface area contributed by atoms with Crippen LogP contribution in [0.4, 0.5) is 4.39 Å². The molecular formula is C10H12FNO2. The number of rotatable bonds is 3. The highest BCUT2D eigenvalue weighted by Crippen LogP contribution is 2.07. The van der Waals surface area contributed by atoms with Crippen molar-refractivity contribution in [2.75, 3.05) is 6.61 Å². The van der Waals surface area contributed by atoms with E-state index in [4.69, 9.17) is 4.74 Å². The van der Waals surface area contributed by atoms with Gasteiger partial charge >= 0.3 is 5.97 Å². The molecule has 0 amide bonds. The SMILES string of the molecule is CCOC(=O)Cc1nc(F)ccc1C. The third-order valence-corrected chi connectivity index (χ3v) is 1.78. The van der Waals surface area contributed by atoms with Crippen molar-refractivity contribution in [3.63, 3.8) is 0 Å². The zero-order valence-corrected chi connectivity index (χ0v) is 8.21. The highest BCUT2D eigenvalue weighted by Gasteiger charge is 2.08. The number of pyridine rings is 1. The van der Waals surface area contributed by atoms with Gasteiger partial charge in [-0.15, -0.1) is 0 Å². The molecule has 0 aliphatic heterocycles. The van der Waals surface area contributed by atoms with E-state index in [9.17, 15) is 9.18 Å². The van der Waals surface area contributed by atoms with Crippen LogP contribution in [0.5, 0.6) is 0 Å². The molecule has 0 unspecified atom stereocenters. The molecule has 0 saturated heterocycles. The van der Waals surface area contributed by atoms with Gasteiger partial charge in [0, 0.05) is 0 Å². The first kappa shape index (κ1) is 10.6. The molecule has 4 heteroatoms. The van der Waals surface area contributed by atoms with Crippen molar-refractivity contribution in [2.24, 2.45) is 0 Å². The molecule has 0 bridgehead atoms. The largest absolute Gasteiger partial charge is 0.466 e. The fourth-order valence-electron chi connectivity index (χ4n) is 1.07. The summed E-state index contributed by atoms with van der Waals surface area (Å²) in [5.41, 5.74) is 1.22. The molecule has 1 aromatic rings. The highest BCUT2D eigenvalue weighted by atomic mass is 19.1. The van der Waals surface area contributed by atoms with E-state index in [0.717, 1.165) is 5.56 Å². The maximum Gasteiger partial charge on any atom is 0.311 e. The summed E-state index contributed by atoms with van der Waals surface area (Å²) >= 11 is 0. The van der Waals surface area contributed by atoms with Crippen LogP contribution in [0.15, 0.2) is 12.1 Å². The Morgan fingerprint density at radius 1 is 1.57 bits per heavy atom. The first-order valence-corrected chi connectivity index (χ1v) is 4.41. The Morgan fingerprint density at radius 2 is 2.29 bits per heavy atom. The quantitative estimate of drug-likeness (QED) is 0.546. The van der Waals surface area contributed by atoms with Crippen molar-refractivity contribution in [3.05, 3.63) is 29.3 Å². The van der Waals surface area contributed by atoms with Crippen LogP contribution in [-0.2, 0) is 16.0 Å². The predicted molar refractivity (Wildman–Crippen MR) is 49.3 cm³/mol. The number of aromatic nitrogens is 1. The van der Waals surface area contributed by atoms with Crippen molar-refractivity contribution in [3.8, 4) is 0 Å². The van der Waals surface area contributed by atoms with Crippen molar-refractivity contribution >= 4 is 5.97 Å². The molecular weight excluding hydrogens is 185 g/mol. The molecule has 0 atom stereocenters. The smallest absolute Gasteiger partial charge is 0.311 e. The number of hydrogen-bond acceptors (Lipinski definition) is 3. The Bertz CT molecular complexity index is 339. The van der Waals surface area contributed by atoms with Crippen molar-refractivity contribution in [1.29, 1.82) is 0 Å². The van der Waals surface area contributed by atoms with Gasteiger partial charge in [-0.25, -0.2) is 4.98 Å². The summed E-state index contributed by atoms with van der Waals surface area (Å²) in [6.07, 6.45) is 0.0252. The number of halogens is 1. The minimum Gasteiger partial charge on any atom is -0.466 e. The summed E-state index contributed by atoms with van der Waals surface area (Å²) in [4.78, 5) is 14.7. The fraction of sp³-hybridized carbons (Fsp3) is 0.400. The van der Waals surface area contributed by atoms with Gasteiger partial charge in [-0.05, 0) is 25.5 Å². The second-order valence-corrected chi connectivity index (χ2v) is 2.88. The zero-order valence-electron chi connectivity index (χ0n) is 8.21. The summed E-state index contributed by atoms with van der Waals surface area (Å²) < 4.78 is 17.5. The van der Waals surface area contributed by atoms with Gasteiger partial charge in [-0.3, -0.25) is 4.79 Å². The molecule has 3 nitrogen and oxygen atoms in total. The van der Waals surface area contributed by atoms with Gasteiger partial charge in [0.25, 0.3) is 0 Å². The monoisotopic (exact) mass is 197 g/mol. The van der Waals surface area contributed by atoms with Gasteiger partial charge in [0.1, 0.15) is 0 Å². The molecule has 1 rings (SSSR count). The number of carbonyl (C=O) groups excluding carboxylic acids is 1. The van der Waals surface area contributed by atoms with Crippen LogP contribution in [0.1, 0.15) is 18.2 Å². The molecule has 0 aromatic carbocycles. The van der Waals surface area contributed by atoms with Gasteiger partial charge in [0.05, 0.1) is 18.7 Å². The third-order valence-electron chi connectivity index (χ3n) is 1.78. The highest BCUT2D eigenvalue weighted by molar-refractivity contribution is 5.72. The Hall–Kier alpha value is -1.45. The molecule has 1 aromatic heterocycles. The lowest BCUT2D eigenvalue weighted by molar-refractivity contribution is -0.142. The van der Waals surface area contributed by atoms with E-state index >= 15 is 0 Å². The number of carbonyl (C=O) groups is 1. The van der Waals surface area contributed by atoms with Crippen LogP contribution in [-0.4, -0.2) is 17.6 Å². The van der Waals surface area contributed by atoms with Crippen LogP contribution < -0.4 is 0 Å². The topological polar surface area (TPSA) is 39.2 Å². The average molecular weight is 197 g/mol. The molecule has 0 spiro atoms. The van der Waals surface area contributed by atoms with Gasteiger partial charge in [-0.2, -0.15) is 4.39 Å². The first-order chi connectivity index (χ1) is 6.63. The van der Waals surface area contributed by atoms with Crippen LogP contribution in [0.25, 0.3) is 0 Å². The lowest BCUT2D eigenvalue weighted by Crippen LogP contribution is -2.10. The van der Waals surface area contributed by atoms with Gasteiger partial charge in [0.15, 0.2) is 0 Å². The molecule has 0 aliphatic rings. The lowest BCUT2D eigenvalue weighted by Gasteiger charge is -2.04. The second kappa shape index (κ2) is 4.69. The maximum atomic E-state index is 12.7. The fourth-order valence-corrected chi connectivity index (χ4v) is 1.07. The number of nitrogens with zero attached hydrogens (tertiary/aromatic N) is 1. The predicted octanol–water partition coefficient (Wildman–Crippen LogP) is 1.63. The first-order valence-electron chi connectivity index (χ1n) is 4.41. The van der Waals surface area contributed by atoms with E-state index in [1.165, 1.54) is 6.07 Å². The minimum atomic E-state index is -0.574. The summed E-state index contributed by atoms with van der Waals surface area (Å²) in [7, 11) is 0. The van der Waals surface area contributed by atoms with E-state index in [0.29, 0.717) is 12.3 Å². The molecule has 0 saturated carbocycles. The van der Waals surface area contributed by atoms with E-state index in [2.05, 4.69) is 4.98 Å². The Labute approximate surface area is 81.9 Å². The molecule has 0 N–H and O–H groups in total. The molecule has 0 fully saturated rings. The van der Waals surface area contributed by atoms with Crippen molar-refractivity contribution in [2.45, 2.75) is 20.3 Å². The second-order valence-electron chi connectivity index (χ2n) is 2.88. The van der Waals surface area contributed by atoms with Crippen LogP contribution >= 0.6 is 0 Å². The Morgan fingerprint density at radius 3 is 2.93 bits per heavy atom. The standard InChI is InChI=1S/C10H12FNO2/c1-3-14-10(13)6-8-7(2)4-5-9(11)12-8/h4-5H,3,6H2,1-2H3. The number of esters is 1. The summed E-state index contributed by atoms with van der Waals surface area (Å²) in [5, 5.41) is 0. The van der Waals surface area contributed by atoms with Crippen LogP contribution in [0.2, 0.25) is 0 Å². The molecule has 76 valence electrons. The lowest BCUT2D eigenvalue weighted by atomic mass is 10.2. The van der Waals surface area contributed by atoms with Gasteiger partial charge in [-0.1, -0.05) is 6.07 Å². The molecule has 14 heavy (non-hydrogen) atoms. The van der Waals surface area contributed by atoms with Crippen LogP contribution in [0, 0.1) is 12.9 Å². The third kappa shape index (κ3) is 2.80. The number of hydrogen-bond donors (Lipinski definition) is 0. The van der Waals surface area contributed by atoms with Gasteiger partial charge < -0.3 is 4.74 Å². The van der Waals surface area contributed by atoms with E-state index in [1.807, 2.05) is 0 Å². The van der Waals surface area contributed by atoms with Crippen LogP contribution in [0.3, 0.4) is 0 Å². The van der Waals surface area contributed by atoms with Gasteiger partial charge in [0.2, 0.25) is 5.95 Å². The zero-order chi connectivity index (χ0) is 10.6. The van der Waals surface area contributed by atoms with Crippen molar-refractivity contribution in [1.82, 2.24) is 4.98 Å². The number of aryl methyl sites for hydroxylation is 1. The molecule has 1 heterocycles. The summed E-state index contributed by atoms with van der Waals surface area (Å²) in [6, 6.07) is 2.86. The van der Waals surface area contributed by atoms with E-state index in [-0.39, 0.29) is 12.4 Å².